The van der Waals surface area contributed by atoms with Crippen LogP contribution in [0.15, 0.2) is 11.4 Å². The Hall–Kier alpha value is -0.380. The maximum atomic E-state index is 10.0. The molecule has 16 heavy (non-hydrogen) atoms. The van der Waals surface area contributed by atoms with E-state index in [-0.39, 0.29) is 6.10 Å². The van der Waals surface area contributed by atoms with Gasteiger partial charge in [0.15, 0.2) is 0 Å². The predicted octanol–water partition coefficient (Wildman–Crippen LogP) is 2.58. The van der Waals surface area contributed by atoms with Crippen LogP contribution in [0, 0.1) is 0 Å². The number of aliphatic hydroxyl groups excluding tert-OH is 1. The summed E-state index contributed by atoms with van der Waals surface area (Å²) in [6, 6.07) is 3.16. The quantitative estimate of drug-likeness (QED) is 0.811. The lowest BCUT2D eigenvalue weighted by atomic mass is 9.98. The van der Waals surface area contributed by atoms with E-state index in [9.17, 15) is 5.11 Å². The number of hydrogen-bond acceptors (Lipinski definition) is 3. The topological polar surface area (TPSA) is 23.5 Å². The maximum Gasteiger partial charge on any atom is 0.0695 e. The van der Waals surface area contributed by atoms with Crippen molar-refractivity contribution in [3.63, 3.8) is 0 Å². The Bertz CT molecular complexity index is 376. The van der Waals surface area contributed by atoms with Crippen LogP contribution in [0.25, 0.3) is 0 Å². The molecule has 1 aliphatic carbocycles. The van der Waals surface area contributed by atoms with Crippen molar-refractivity contribution in [2.75, 3.05) is 6.54 Å². The summed E-state index contributed by atoms with van der Waals surface area (Å²) in [4.78, 5) is 4.07. The van der Waals surface area contributed by atoms with Crippen LogP contribution >= 0.6 is 11.3 Å². The molecule has 0 spiro atoms. The van der Waals surface area contributed by atoms with Crippen LogP contribution in [0.3, 0.4) is 0 Å². The zero-order valence-corrected chi connectivity index (χ0v) is 10.5. The first-order chi connectivity index (χ1) is 7.77. The van der Waals surface area contributed by atoms with E-state index in [0.29, 0.717) is 12.1 Å². The minimum Gasteiger partial charge on any atom is -0.391 e. The van der Waals surface area contributed by atoms with Crippen LogP contribution in [0.2, 0.25) is 0 Å². The van der Waals surface area contributed by atoms with Gasteiger partial charge in [0.2, 0.25) is 0 Å². The van der Waals surface area contributed by atoms with Crippen molar-refractivity contribution >= 4 is 11.3 Å². The number of thiophene rings is 1. The molecule has 3 rings (SSSR count). The molecule has 1 aromatic heterocycles. The molecule has 2 heterocycles. The van der Waals surface area contributed by atoms with E-state index in [2.05, 4.69) is 23.3 Å². The van der Waals surface area contributed by atoms with E-state index >= 15 is 0 Å². The van der Waals surface area contributed by atoms with Crippen molar-refractivity contribution in [2.24, 2.45) is 0 Å². The van der Waals surface area contributed by atoms with Gasteiger partial charge in [-0.25, -0.2) is 0 Å². The molecule has 1 saturated carbocycles. The minimum atomic E-state index is -0.0948. The average Bonchev–Trinajstić information content (AvgIpc) is 2.88. The Labute approximate surface area is 101 Å². The van der Waals surface area contributed by atoms with Crippen LogP contribution in [0.5, 0.6) is 0 Å². The summed E-state index contributed by atoms with van der Waals surface area (Å²) in [5.41, 5.74) is 1.50. The third-order valence-corrected chi connectivity index (χ3v) is 5.19. The lowest BCUT2D eigenvalue weighted by molar-refractivity contribution is 0.0431. The number of nitrogens with zero attached hydrogens (tertiary/aromatic N) is 1. The number of fused-ring (bicyclic) bond motifs is 1. The predicted molar refractivity (Wildman–Crippen MR) is 66.8 cm³/mol. The van der Waals surface area contributed by atoms with Gasteiger partial charge < -0.3 is 5.11 Å². The highest BCUT2D eigenvalue weighted by Gasteiger charge is 2.36. The highest BCUT2D eigenvalue weighted by molar-refractivity contribution is 7.10. The van der Waals surface area contributed by atoms with Crippen molar-refractivity contribution in [2.45, 2.75) is 50.8 Å². The van der Waals surface area contributed by atoms with Gasteiger partial charge in [0.25, 0.3) is 0 Å². The van der Waals surface area contributed by atoms with Gasteiger partial charge in [0.05, 0.1) is 6.10 Å². The molecular weight excluding hydrogens is 218 g/mol. The van der Waals surface area contributed by atoms with Crippen molar-refractivity contribution < 1.29 is 5.11 Å². The van der Waals surface area contributed by atoms with Crippen LogP contribution < -0.4 is 0 Å². The third-order valence-electron chi connectivity index (χ3n) is 4.19. The van der Waals surface area contributed by atoms with Crippen LogP contribution in [0.4, 0.5) is 0 Å². The fourth-order valence-corrected chi connectivity index (χ4v) is 4.25. The zero-order valence-electron chi connectivity index (χ0n) is 9.72. The largest absolute Gasteiger partial charge is 0.391 e. The Morgan fingerprint density at radius 1 is 1.44 bits per heavy atom. The van der Waals surface area contributed by atoms with Crippen molar-refractivity contribution in [3.8, 4) is 0 Å². The van der Waals surface area contributed by atoms with E-state index in [1.807, 2.05) is 11.3 Å². The van der Waals surface area contributed by atoms with E-state index in [1.165, 1.54) is 24.8 Å². The molecule has 88 valence electrons. The van der Waals surface area contributed by atoms with Gasteiger partial charge in [-0.15, -0.1) is 11.3 Å². The molecule has 1 aromatic rings. The number of hydrogen-bond donors (Lipinski definition) is 1. The van der Waals surface area contributed by atoms with E-state index in [0.717, 1.165) is 13.0 Å². The summed E-state index contributed by atoms with van der Waals surface area (Å²) in [6.45, 7) is 3.41. The first-order valence-corrected chi connectivity index (χ1v) is 7.15. The first-order valence-electron chi connectivity index (χ1n) is 6.27. The number of rotatable bonds is 1. The van der Waals surface area contributed by atoms with E-state index in [4.69, 9.17) is 0 Å². The minimum absolute atomic E-state index is 0.0948. The van der Waals surface area contributed by atoms with Crippen LogP contribution in [-0.4, -0.2) is 28.7 Å². The van der Waals surface area contributed by atoms with Crippen LogP contribution in [0.1, 0.15) is 42.7 Å². The summed E-state index contributed by atoms with van der Waals surface area (Å²) < 4.78 is 0. The molecule has 1 aliphatic heterocycles. The zero-order chi connectivity index (χ0) is 11.1. The highest BCUT2D eigenvalue weighted by atomic mass is 32.1. The third kappa shape index (κ3) is 1.62. The SMILES string of the molecule is CC1c2ccsc2CCN1[C@@H]1CCC[C@H]1O. The smallest absolute Gasteiger partial charge is 0.0695 e. The second kappa shape index (κ2) is 4.13. The Balaban J connectivity index is 1.84. The van der Waals surface area contributed by atoms with Gasteiger partial charge >= 0.3 is 0 Å². The molecule has 1 unspecified atom stereocenters. The molecule has 2 nitrogen and oxygen atoms in total. The summed E-state index contributed by atoms with van der Waals surface area (Å²) in [7, 11) is 0. The van der Waals surface area contributed by atoms with Gasteiger partial charge in [0, 0.05) is 23.5 Å². The van der Waals surface area contributed by atoms with Crippen molar-refractivity contribution in [3.05, 3.63) is 21.9 Å². The van der Waals surface area contributed by atoms with Gasteiger partial charge in [-0.3, -0.25) is 4.90 Å². The summed E-state index contributed by atoms with van der Waals surface area (Å²) >= 11 is 1.89. The summed E-state index contributed by atoms with van der Waals surface area (Å²) in [5.74, 6) is 0. The highest BCUT2D eigenvalue weighted by Crippen LogP contribution is 2.37. The van der Waals surface area contributed by atoms with Crippen molar-refractivity contribution in [1.82, 2.24) is 4.90 Å². The lowest BCUT2D eigenvalue weighted by Gasteiger charge is -2.39. The summed E-state index contributed by atoms with van der Waals surface area (Å²) in [5, 5.41) is 12.2. The van der Waals surface area contributed by atoms with Gasteiger partial charge in [-0.1, -0.05) is 0 Å². The van der Waals surface area contributed by atoms with Crippen LogP contribution in [-0.2, 0) is 6.42 Å². The number of aliphatic hydroxyl groups is 1. The molecule has 1 N–H and O–H groups in total. The molecule has 2 aliphatic rings. The van der Waals surface area contributed by atoms with E-state index < -0.39 is 0 Å². The van der Waals surface area contributed by atoms with Gasteiger partial charge in [0.1, 0.15) is 0 Å². The average molecular weight is 237 g/mol. The van der Waals surface area contributed by atoms with Gasteiger partial charge in [-0.05, 0) is 49.6 Å². The van der Waals surface area contributed by atoms with Crippen molar-refractivity contribution in [1.29, 1.82) is 0 Å². The molecule has 0 bridgehead atoms. The molecular formula is C13H19NOS. The second-order valence-electron chi connectivity index (χ2n) is 5.03. The second-order valence-corrected chi connectivity index (χ2v) is 6.03. The Kier molecular flexibility index (Phi) is 2.78. The normalized spacial score (nSPS) is 35.2. The van der Waals surface area contributed by atoms with E-state index in [1.54, 1.807) is 4.88 Å². The molecule has 1 fully saturated rings. The molecule has 3 atom stereocenters. The standard InChI is InChI=1S/C13H19NOS/c1-9-10-6-8-16-13(10)5-7-14(9)11-3-2-4-12(11)15/h6,8-9,11-12,15H,2-5,7H2,1H3/t9?,11-,12-/m1/s1. The molecule has 0 radical (unpaired) electrons. The molecule has 3 heteroatoms. The summed E-state index contributed by atoms with van der Waals surface area (Å²) in [6.07, 6.45) is 4.42. The maximum absolute atomic E-state index is 10.0. The molecule has 0 saturated heterocycles. The lowest BCUT2D eigenvalue weighted by Crippen LogP contribution is -2.45. The fraction of sp³-hybridized carbons (Fsp3) is 0.692. The Morgan fingerprint density at radius 2 is 2.31 bits per heavy atom. The molecule has 0 amide bonds. The molecule has 0 aromatic carbocycles. The monoisotopic (exact) mass is 237 g/mol. The first kappa shape index (κ1) is 10.8. The fourth-order valence-electron chi connectivity index (χ4n) is 3.29. The Morgan fingerprint density at radius 3 is 3.06 bits per heavy atom. The van der Waals surface area contributed by atoms with Gasteiger partial charge in [-0.2, -0.15) is 0 Å².